The van der Waals surface area contributed by atoms with Crippen LogP contribution >= 0.6 is 11.6 Å². The van der Waals surface area contributed by atoms with Gasteiger partial charge >= 0.3 is 0 Å². The molecule has 1 N–H and O–H groups in total. The quantitative estimate of drug-likeness (QED) is 0.920. The molecule has 20 heavy (non-hydrogen) atoms. The Morgan fingerprint density at radius 3 is 2.65 bits per heavy atom. The van der Waals surface area contributed by atoms with Gasteiger partial charge in [0.1, 0.15) is 0 Å². The van der Waals surface area contributed by atoms with Crippen molar-refractivity contribution in [2.75, 3.05) is 13.2 Å². The predicted molar refractivity (Wildman–Crippen MR) is 77.5 cm³/mol. The highest BCUT2D eigenvalue weighted by atomic mass is 35.5. The first kappa shape index (κ1) is 14.5. The van der Waals surface area contributed by atoms with Crippen LogP contribution in [0, 0.1) is 0 Å². The summed E-state index contributed by atoms with van der Waals surface area (Å²) in [6.07, 6.45) is 2.97. The van der Waals surface area contributed by atoms with E-state index >= 15 is 0 Å². The molecule has 2 aromatic rings. The first-order valence-corrected chi connectivity index (χ1v) is 6.63. The molecule has 0 saturated carbocycles. The monoisotopic (exact) mass is 290 g/mol. The van der Waals surface area contributed by atoms with Gasteiger partial charge in [0.15, 0.2) is 0 Å². The summed E-state index contributed by atoms with van der Waals surface area (Å²) in [7, 11) is 0. The second kappa shape index (κ2) is 7.03. The number of carbonyl (C=O) groups is 1. The van der Waals surface area contributed by atoms with Gasteiger partial charge in [-0.15, -0.1) is 0 Å². The van der Waals surface area contributed by atoms with Gasteiger partial charge < -0.3 is 10.0 Å². The SMILES string of the molecule is O=C(c1ccncc1Cl)N(CCO)Cc1ccccc1. The van der Waals surface area contributed by atoms with Crippen LogP contribution in [-0.2, 0) is 6.54 Å². The molecule has 2 rings (SSSR count). The van der Waals surface area contributed by atoms with E-state index in [9.17, 15) is 4.79 Å². The fourth-order valence-corrected chi connectivity index (χ4v) is 2.10. The normalized spacial score (nSPS) is 10.3. The minimum atomic E-state index is -0.213. The number of rotatable bonds is 5. The molecule has 5 heteroatoms. The number of aliphatic hydroxyl groups excluding tert-OH is 1. The maximum absolute atomic E-state index is 12.5. The number of aliphatic hydroxyl groups is 1. The van der Waals surface area contributed by atoms with Gasteiger partial charge in [0.2, 0.25) is 0 Å². The molecular weight excluding hydrogens is 276 g/mol. The predicted octanol–water partition coefficient (Wildman–Crippen LogP) is 2.37. The molecule has 0 unspecified atom stereocenters. The molecule has 1 heterocycles. The minimum Gasteiger partial charge on any atom is -0.395 e. The Morgan fingerprint density at radius 1 is 1.25 bits per heavy atom. The van der Waals surface area contributed by atoms with Crippen LogP contribution in [0.4, 0.5) is 0 Å². The van der Waals surface area contributed by atoms with Crippen molar-refractivity contribution in [3.63, 3.8) is 0 Å². The number of halogens is 1. The maximum atomic E-state index is 12.5. The second-order valence-corrected chi connectivity index (χ2v) is 4.70. The number of aromatic nitrogens is 1. The summed E-state index contributed by atoms with van der Waals surface area (Å²) in [4.78, 5) is 17.9. The first-order chi connectivity index (χ1) is 9.72. The van der Waals surface area contributed by atoms with E-state index in [4.69, 9.17) is 16.7 Å². The molecule has 1 aromatic carbocycles. The molecule has 0 aliphatic carbocycles. The molecule has 1 amide bonds. The smallest absolute Gasteiger partial charge is 0.255 e. The third kappa shape index (κ3) is 3.56. The first-order valence-electron chi connectivity index (χ1n) is 6.26. The van der Waals surface area contributed by atoms with E-state index in [1.54, 1.807) is 11.0 Å². The fourth-order valence-electron chi connectivity index (χ4n) is 1.90. The largest absolute Gasteiger partial charge is 0.395 e. The van der Waals surface area contributed by atoms with Gasteiger partial charge in [-0.25, -0.2) is 0 Å². The summed E-state index contributed by atoms with van der Waals surface area (Å²) in [6.45, 7) is 0.590. The van der Waals surface area contributed by atoms with Crippen LogP contribution in [0.15, 0.2) is 48.8 Å². The molecule has 0 spiro atoms. The van der Waals surface area contributed by atoms with Crippen molar-refractivity contribution >= 4 is 17.5 Å². The third-order valence-corrected chi connectivity index (χ3v) is 3.18. The Labute approximate surface area is 122 Å². The highest BCUT2D eigenvalue weighted by Gasteiger charge is 2.18. The minimum absolute atomic E-state index is 0.0960. The Bertz CT molecular complexity index is 575. The van der Waals surface area contributed by atoms with Crippen molar-refractivity contribution in [3.8, 4) is 0 Å². The number of nitrogens with zero attached hydrogens (tertiary/aromatic N) is 2. The number of pyridine rings is 1. The van der Waals surface area contributed by atoms with E-state index in [0.29, 0.717) is 17.1 Å². The molecule has 104 valence electrons. The Balaban J connectivity index is 2.20. The van der Waals surface area contributed by atoms with Crippen molar-refractivity contribution in [2.45, 2.75) is 6.54 Å². The zero-order chi connectivity index (χ0) is 14.4. The summed E-state index contributed by atoms with van der Waals surface area (Å²) in [5.41, 5.74) is 1.39. The van der Waals surface area contributed by atoms with E-state index in [1.807, 2.05) is 30.3 Å². The molecule has 0 fully saturated rings. The van der Waals surface area contributed by atoms with Gasteiger partial charge in [0.25, 0.3) is 5.91 Å². The van der Waals surface area contributed by atoms with Crippen molar-refractivity contribution in [3.05, 3.63) is 64.9 Å². The van der Waals surface area contributed by atoms with Crippen LogP contribution < -0.4 is 0 Å². The summed E-state index contributed by atoms with van der Waals surface area (Å²) in [6, 6.07) is 11.2. The molecule has 0 saturated heterocycles. The molecule has 1 aromatic heterocycles. The second-order valence-electron chi connectivity index (χ2n) is 4.29. The molecular formula is C15H15ClN2O2. The Morgan fingerprint density at radius 2 is 2.00 bits per heavy atom. The lowest BCUT2D eigenvalue weighted by Crippen LogP contribution is -2.33. The van der Waals surface area contributed by atoms with Gasteiger partial charge in [0.05, 0.1) is 17.2 Å². The number of amides is 1. The van der Waals surface area contributed by atoms with Crippen LogP contribution in [0.5, 0.6) is 0 Å². The molecule has 0 bridgehead atoms. The van der Waals surface area contributed by atoms with Crippen LogP contribution in [0.1, 0.15) is 15.9 Å². The molecule has 0 radical (unpaired) electrons. The van der Waals surface area contributed by atoms with E-state index in [-0.39, 0.29) is 19.1 Å². The fraction of sp³-hybridized carbons (Fsp3) is 0.200. The average molecular weight is 291 g/mol. The third-order valence-electron chi connectivity index (χ3n) is 2.88. The number of benzene rings is 1. The average Bonchev–Trinajstić information content (AvgIpc) is 2.48. The molecule has 0 atom stereocenters. The lowest BCUT2D eigenvalue weighted by Gasteiger charge is -2.22. The molecule has 4 nitrogen and oxygen atoms in total. The van der Waals surface area contributed by atoms with Crippen molar-refractivity contribution < 1.29 is 9.90 Å². The maximum Gasteiger partial charge on any atom is 0.255 e. The molecule has 0 aliphatic rings. The highest BCUT2D eigenvalue weighted by molar-refractivity contribution is 6.33. The summed E-state index contributed by atoms with van der Waals surface area (Å²) >= 11 is 5.99. The van der Waals surface area contributed by atoms with Crippen LogP contribution in [-0.4, -0.2) is 34.0 Å². The summed E-state index contributed by atoms with van der Waals surface area (Å²) in [5.74, 6) is -0.213. The van der Waals surface area contributed by atoms with Crippen LogP contribution in [0.3, 0.4) is 0 Å². The van der Waals surface area contributed by atoms with Crippen LogP contribution in [0.2, 0.25) is 5.02 Å². The van der Waals surface area contributed by atoms with Crippen molar-refractivity contribution in [1.29, 1.82) is 0 Å². The van der Waals surface area contributed by atoms with Crippen LogP contribution in [0.25, 0.3) is 0 Å². The zero-order valence-corrected chi connectivity index (χ0v) is 11.6. The Hall–Kier alpha value is -1.91. The van der Waals surface area contributed by atoms with Crippen molar-refractivity contribution in [2.24, 2.45) is 0 Å². The molecule has 0 aliphatic heterocycles. The van der Waals surface area contributed by atoms with E-state index in [0.717, 1.165) is 5.56 Å². The van der Waals surface area contributed by atoms with Gasteiger partial charge in [-0.1, -0.05) is 41.9 Å². The van der Waals surface area contributed by atoms with E-state index in [1.165, 1.54) is 12.4 Å². The number of hydrogen-bond acceptors (Lipinski definition) is 3. The van der Waals surface area contributed by atoms with Gasteiger partial charge in [-0.2, -0.15) is 0 Å². The summed E-state index contributed by atoms with van der Waals surface area (Å²) in [5, 5.41) is 9.45. The standard InChI is InChI=1S/C15H15ClN2O2/c16-14-10-17-7-6-13(14)15(20)18(8-9-19)11-12-4-2-1-3-5-12/h1-7,10,19H,8-9,11H2. The van der Waals surface area contributed by atoms with E-state index < -0.39 is 0 Å². The highest BCUT2D eigenvalue weighted by Crippen LogP contribution is 2.17. The number of carbonyl (C=O) groups excluding carboxylic acids is 1. The number of hydrogen-bond donors (Lipinski definition) is 1. The van der Waals surface area contributed by atoms with Gasteiger partial charge in [-0.05, 0) is 11.6 Å². The Kier molecular flexibility index (Phi) is 5.09. The zero-order valence-electron chi connectivity index (χ0n) is 10.9. The van der Waals surface area contributed by atoms with Gasteiger partial charge in [0, 0.05) is 25.5 Å². The van der Waals surface area contributed by atoms with Crippen molar-refractivity contribution in [1.82, 2.24) is 9.88 Å². The van der Waals surface area contributed by atoms with E-state index in [2.05, 4.69) is 4.98 Å². The topological polar surface area (TPSA) is 53.4 Å². The summed E-state index contributed by atoms with van der Waals surface area (Å²) < 4.78 is 0. The lowest BCUT2D eigenvalue weighted by molar-refractivity contribution is 0.0708. The van der Waals surface area contributed by atoms with Gasteiger partial charge in [-0.3, -0.25) is 9.78 Å². The lowest BCUT2D eigenvalue weighted by atomic mass is 10.2.